The number of likely N-dealkylation sites (tertiary alicyclic amines) is 1. The molecule has 2 aromatic carbocycles. The monoisotopic (exact) mass is 404 g/mol. The standard InChI is InChI=1S/C21H25ClN2O4/c1-4-28-19-10-7-14(12-17(19)22)23-21(25)24-11-5-6-18(24)16-9-8-15(26-2)13-20(16)27-3/h7-10,12-13,18H,4-6,11H2,1-3H3,(H,23,25). The summed E-state index contributed by atoms with van der Waals surface area (Å²) in [6.07, 6.45) is 1.80. The van der Waals surface area contributed by atoms with Crippen LogP contribution in [0, 0.1) is 0 Å². The summed E-state index contributed by atoms with van der Waals surface area (Å²) in [5.41, 5.74) is 1.60. The molecule has 2 amide bonds. The molecule has 0 bridgehead atoms. The lowest BCUT2D eigenvalue weighted by Crippen LogP contribution is -2.34. The van der Waals surface area contributed by atoms with Gasteiger partial charge in [0.25, 0.3) is 0 Å². The molecule has 6 nitrogen and oxygen atoms in total. The molecule has 1 unspecified atom stereocenters. The number of amides is 2. The number of nitrogens with zero attached hydrogens (tertiary/aromatic N) is 1. The Morgan fingerprint density at radius 3 is 2.68 bits per heavy atom. The predicted molar refractivity (Wildman–Crippen MR) is 110 cm³/mol. The van der Waals surface area contributed by atoms with E-state index in [1.165, 1.54) is 0 Å². The Kier molecular flexibility index (Phi) is 6.52. The van der Waals surface area contributed by atoms with Crippen LogP contribution < -0.4 is 19.5 Å². The van der Waals surface area contributed by atoms with Gasteiger partial charge in [0.05, 0.1) is 31.9 Å². The van der Waals surface area contributed by atoms with Crippen molar-refractivity contribution < 1.29 is 19.0 Å². The fraction of sp³-hybridized carbons (Fsp3) is 0.381. The van der Waals surface area contributed by atoms with E-state index in [1.807, 2.05) is 30.0 Å². The Labute approximate surface area is 170 Å². The molecule has 1 heterocycles. The van der Waals surface area contributed by atoms with Gasteiger partial charge in [0.2, 0.25) is 0 Å². The Balaban J connectivity index is 1.77. The molecule has 1 N–H and O–H groups in total. The van der Waals surface area contributed by atoms with E-state index >= 15 is 0 Å². The van der Waals surface area contributed by atoms with E-state index in [9.17, 15) is 4.79 Å². The number of nitrogens with one attached hydrogen (secondary N) is 1. The minimum atomic E-state index is -0.166. The Hall–Kier alpha value is -2.60. The van der Waals surface area contributed by atoms with E-state index in [4.69, 9.17) is 25.8 Å². The zero-order valence-corrected chi connectivity index (χ0v) is 17.1. The number of hydrogen-bond donors (Lipinski definition) is 1. The van der Waals surface area contributed by atoms with Crippen LogP contribution in [0.15, 0.2) is 36.4 Å². The molecule has 1 aliphatic rings. The lowest BCUT2D eigenvalue weighted by atomic mass is 10.0. The molecule has 0 aromatic heterocycles. The average Bonchev–Trinajstić information content (AvgIpc) is 3.19. The van der Waals surface area contributed by atoms with Crippen molar-refractivity contribution in [2.75, 3.05) is 32.7 Å². The van der Waals surface area contributed by atoms with Crippen molar-refractivity contribution in [2.45, 2.75) is 25.8 Å². The van der Waals surface area contributed by atoms with Gasteiger partial charge in [-0.1, -0.05) is 11.6 Å². The maximum Gasteiger partial charge on any atom is 0.322 e. The van der Waals surface area contributed by atoms with Crippen LogP contribution in [-0.2, 0) is 0 Å². The number of hydrogen-bond acceptors (Lipinski definition) is 4. The van der Waals surface area contributed by atoms with Crippen LogP contribution in [-0.4, -0.2) is 38.3 Å². The van der Waals surface area contributed by atoms with Gasteiger partial charge in [-0.05, 0) is 50.1 Å². The van der Waals surface area contributed by atoms with Crippen molar-refractivity contribution >= 4 is 23.3 Å². The first-order chi connectivity index (χ1) is 13.6. The van der Waals surface area contributed by atoms with E-state index in [2.05, 4.69) is 5.32 Å². The summed E-state index contributed by atoms with van der Waals surface area (Å²) in [6, 6.07) is 10.7. The van der Waals surface area contributed by atoms with E-state index in [1.54, 1.807) is 32.4 Å². The minimum absolute atomic E-state index is 0.0565. The summed E-state index contributed by atoms with van der Waals surface area (Å²) >= 11 is 6.23. The fourth-order valence-corrected chi connectivity index (χ4v) is 3.71. The second kappa shape index (κ2) is 9.06. The van der Waals surface area contributed by atoms with Crippen LogP contribution >= 0.6 is 11.6 Å². The smallest absolute Gasteiger partial charge is 0.322 e. The summed E-state index contributed by atoms with van der Waals surface area (Å²) < 4.78 is 16.2. The number of methoxy groups -OCH3 is 2. The van der Waals surface area contributed by atoms with E-state index < -0.39 is 0 Å². The Morgan fingerprint density at radius 1 is 1.18 bits per heavy atom. The lowest BCUT2D eigenvalue weighted by Gasteiger charge is -2.27. The van der Waals surface area contributed by atoms with Gasteiger partial charge in [-0.25, -0.2) is 4.79 Å². The van der Waals surface area contributed by atoms with Crippen LogP contribution in [0.5, 0.6) is 17.2 Å². The molecule has 7 heteroatoms. The number of anilines is 1. The van der Waals surface area contributed by atoms with Crippen molar-refractivity contribution in [1.82, 2.24) is 4.90 Å². The van der Waals surface area contributed by atoms with Gasteiger partial charge in [-0.2, -0.15) is 0 Å². The third kappa shape index (κ3) is 4.28. The lowest BCUT2D eigenvalue weighted by molar-refractivity contribution is 0.206. The number of carbonyl (C=O) groups excluding carboxylic acids is 1. The minimum Gasteiger partial charge on any atom is -0.497 e. The number of halogens is 1. The Bertz CT molecular complexity index is 843. The molecule has 2 aromatic rings. The predicted octanol–water partition coefficient (Wildman–Crippen LogP) is 5.12. The highest BCUT2D eigenvalue weighted by Crippen LogP contribution is 2.39. The summed E-state index contributed by atoms with van der Waals surface area (Å²) in [4.78, 5) is 14.7. The van der Waals surface area contributed by atoms with Crippen LogP contribution in [0.2, 0.25) is 5.02 Å². The molecule has 1 fully saturated rings. The highest BCUT2D eigenvalue weighted by atomic mass is 35.5. The molecular formula is C21H25ClN2O4. The second-order valence-electron chi connectivity index (χ2n) is 6.47. The fourth-order valence-electron chi connectivity index (χ4n) is 3.47. The SMILES string of the molecule is CCOc1ccc(NC(=O)N2CCCC2c2ccc(OC)cc2OC)cc1Cl. The van der Waals surface area contributed by atoms with Gasteiger partial charge >= 0.3 is 6.03 Å². The van der Waals surface area contributed by atoms with Crippen molar-refractivity contribution in [1.29, 1.82) is 0 Å². The van der Waals surface area contributed by atoms with Crippen LogP contribution in [0.3, 0.4) is 0 Å². The van der Waals surface area contributed by atoms with Crippen molar-refractivity contribution in [3.05, 3.63) is 47.0 Å². The van der Waals surface area contributed by atoms with E-state index in [-0.39, 0.29) is 12.1 Å². The number of urea groups is 1. The maximum atomic E-state index is 12.9. The number of rotatable bonds is 6. The molecule has 1 aliphatic heterocycles. The molecule has 28 heavy (non-hydrogen) atoms. The van der Waals surface area contributed by atoms with Gasteiger partial charge in [0.15, 0.2) is 0 Å². The highest BCUT2D eigenvalue weighted by Gasteiger charge is 2.32. The number of benzene rings is 2. The molecule has 0 saturated carbocycles. The third-order valence-electron chi connectivity index (χ3n) is 4.80. The van der Waals surface area contributed by atoms with E-state index in [0.29, 0.717) is 35.4 Å². The van der Waals surface area contributed by atoms with Crippen molar-refractivity contribution in [3.8, 4) is 17.2 Å². The normalized spacial score (nSPS) is 16.0. The molecule has 0 radical (unpaired) electrons. The van der Waals surface area contributed by atoms with Gasteiger partial charge < -0.3 is 24.4 Å². The average molecular weight is 405 g/mol. The third-order valence-corrected chi connectivity index (χ3v) is 5.09. The Morgan fingerprint density at radius 2 is 2.00 bits per heavy atom. The van der Waals surface area contributed by atoms with E-state index in [0.717, 1.165) is 24.2 Å². The molecule has 150 valence electrons. The van der Waals surface area contributed by atoms with Gasteiger partial charge in [-0.15, -0.1) is 0 Å². The molecular weight excluding hydrogens is 380 g/mol. The molecule has 3 rings (SSSR count). The molecule has 0 aliphatic carbocycles. The zero-order chi connectivity index (χ0) is 20.1. The quantitative estimate of drug-likeness (QED) is 0.725. The summed E-state index contributed by atoms with van der Waals surface area (Å²) in [6.45, 7) is 3.11. The van der Waals surface area contributed by atoms with Crippen LogP contribution in [0.1, 0.15) is 31.4 Å². The number of carbonyl (C=O) groups is 1. The van der Waals surface area contributed by atoms with Gasteiger partial charge in [0, 0.05) is 23.9 Å². The summed E-state index contributed by atoms with van der Waals surface area (Å²) in [5.74, 6) is 2.04. The van der Waals surface area contributed by atoms with Gasteiger partial charge in [0.1, 0.15) is 17.2 Å². The first-order valence-corrected chi connectivity index (χ1v) is 9.67. The molecule has 1 atom stereocenters. The first kappa shape index (κ1) is 20.1. The highest BCUT2D eigenvalue weighted by molar-refractivity contribution is 6.32. The molecule has 1 saturated heterocycles. The summed E-state index contributed by atoms with van der Waals surface area (Å²) in [5, 5.41) is 3.40. The van der Waals surface area contributed by atoms with Crippen molar-refractivity contribution in [2.24, 2.45) is 0 Å². The zero-order valence-electron chi connectivity index (χ0n) is 16.3. The topological polar surface area (TPSA) is 60.0 Å². The summed E-state index contributed by atoms with van der Waals surface area (Å²) in [7, 11) is 3.24. The maximum absolute atomic E-state index is 12.9. The van der Waals surface area contributed by atoms with Crippen LogP contribution in [0.25, 0.3) is 0 Å². The largest absolute Gasteiger partial charge is 0.497 e. The first-order valence-electron chi connectivity index (χ1n) is 9.29. The van der Waals surface area contributed by atoms with Crippen LogP contribution in [0.4, 0.5) is 10.5 Å². The van der Waals surface area contributed by atoms with Crippen molar-refractivity contribution in [3.63, 3.8) is 0 Å². The second-order valence-corrected chi connectivity index (χ2v) is 6.87. The molecule has 0 spiro atoms. The van der Waals surface area contributed by atoms with Gasteiger partial charge in [-0.3, -0.25) is 0 Å². The number of ether oxygens (including phenoxy) is 3.